The zero-order chi connectivity index (χ0) is 13.4. The van der Waals surface area contributed by atoms with Crippen molar-refractivity contribution in [2.75, 3.05) is 11.1 Å². The molecule has 3 aromatic rings. The first-order chi connectivity index (χ1) is 9.11. The van der Waals surface area contributed by atoms with Gasteiger partial charge in [0.05, 0.1) is 10.7 Å². The van der Waals surface area contributed by atoms with E-state index in [9.17, 15) is 4.39 Å². The number of hydrogen-bond acceptors (Lipinski definition) is 4. The van der Waals surface area contributed by atoms with Crippen molar-refractivity contribution in [1.82, 2.24) is 4.98 Å². The van der Waals surface area contributed by atoms with Crippen LogP contribution in [0, 0.1) is 5.82 Å². The van der Waals surface area contributed by atoms with Gasteiger partial charge in [0.1, 0.15) is 11.3 Å². The van der Waals surface area contributed by atoms with E-state index in [1.54, 1.807) is 18.2 Å². The van der Waals surface area contributed by atoms with Crippen LogP contribution >= 0.6 is 11.6 Å². The molecule has 0 aliphatic rings. The molecule has 0 aliphatic carbocycles. The summed E-state index contributed by atoms with van der Waals surface area (Å²) in [7, 11) is 0. The Morgan fingerprint density at radius 1 is 1.21 bits per heavy atom. The number of benzene rings is 2. The summed E-state index contributed by atoms with van der Waals surface area (Å²) in [6.45, 7) is 0. The molecule has 0 radical (unpaired) electrons. The number of nitrogens with one attached hydrogen (secondary N) is 1. The standard InChI is InChI=1S/C13H9ClFN3O/c14-9-3-1-7(15)5-10(9)17-13-18-11-6-8(16)2-4-12(11)19-13/h1-6H,16H2,(H,17,18). The second kappa shape index (κ2) is 4.44. The Morgan fingerprint density at radius 2 is 2.05 bits per heavy atom. The van der Waals surface area contributed by atoms with Gasteiger partial charge in [-0.1, -0.05) is 11.6 Å². The van der Waals surface area contributed by atoms with Crippen molar-refractivity contribution < 1.29 is 8.81 Å². The van der Waals surface area contributed by atoms with Crippen molar-refractivity contribution in [2.45, 2.75) is 0 Å². The molecular weight excluding hydrogens is 269 g/mol. The molecule has 0 saturated heterocycles. The van der Waals surface area contributed by atoms with E-state index < -0.39 is 5.82 Å². The van der Waals surface area contributed by atoms with Crippen molar-refractivity contribution in [3.05, 3.63) is 47.2 Å². The molecule has 6 heteroatoms. The largest absolute Gasteiger partial charge is 0.423 e. The van der Waals surface area contributed by atoms with E-state index in [4.69, 9.17) is 21.8 Å². The van der Waals surface area contributed by atoms with Crippen molar-refractivity contribution in [2.24, 2.45) is 0 Å². The Balaban J connectivity index is 1.98. The number of rotatable bonds is 2. The van der Waals surface area contributed by atoms with Crippen LogP contribution in [0.2, 0.25) is 5.02 Å². The molecule has 0 bridgehead atoms. The van der Waals surface area contributed by atoms with Crippen molar-refractivity contribution >= 4 is 40.1 Å². The van der Waals surface area contributed by atoms with Gasteiger partial charge in [0, 0.05) is 5.69 Å². The van der Waals surface area contributed by atoms with Crippen LogP contribution in [0.1, 0.15) is 0 Å². The summed E-state index contributed by atoms with van der Waals surface area (Å²) in [6.07, 6.45) is 0. The van der Waals surface area contributed by atoms with Crippen LogP contribution in [-0.4, -0.2) is 4.98 Å². The summed E-state index contributed by atoms with van der Waals surface area (Å²) >= 11 is 5.95. The van der Waals surface area contributed by atoms with Gasteiger partial charge in [-0.15, -0.1) is 0 Å². The van der Waals surface area contributed by atoms with E-state index in [2.05, 4.69) is 10.3 Å². The second-order valence-corrected chi connectivity index (χ2v) is 4.40. The zero-order valence-corrected chi connectivity index (χ0v) is 10.4. The quantitative estimate of drug-likeness (QED) is 0.696. The highest BCUT2D eigenvalue weighted by atomic mass is 35.5. The third kappa shape index (κ3) is 2.32. The number of hydrogen-bond donors (Lipinski definition) is 2. The number of nitrogen functional groups attached to an aromatic ring is 1. The Bertz CT molecular complexity index is 757. The number of fused-ring (bicyclic) bond motifs is 1. The van der Waals surface area contributed by atoms with Crippen LogP contribution in [0.3, 0.4) is 0 Å². The maximum atomic E-state index is 13.1. The van der Waals surface area contributed by atoms with Gasteiger partial charge in [-0.2, -0.15) is 4.98 Å². The first-order valence-electron chi connectivity index (χ1n) is 5.50. The fourth-order valence-corrected chi connectivity index (χ4v) is 1.87. The molecule has 0 aliphatic heterocycles. The average molecular weight is 278 g/mol. The molecule has 19 heavy (non-hydrogen) atoms. The van der Waals surface area contributed by atoms with Gasteiger partial charge in [-0.25, -0.2) is 4.39 Å². The van der Waals surface area contributed by atoms with Gasteiger partial charge in [0.2, 0.25) is 0 Å². The fraction of sp³-hybridized carbons (Fsp3) is 0. The zero-order valence-electron chi connectivity index (χ0n) is 9.65. The second-order valence-electron chi connectivity index (χ2n) is 4.00. The molecular formula is C13H9ClFN3O. The Morgan fingerprint density at radius 3 is 2.89 bits per heavy atom. The number of aromatic nitrogens is 1. The normalized spacial score (nSPS) is 10.8. The lowest BCUT2D eigenvalue weighted by Crippen LogP contribution is -1.92. The average Bonchev–Trinajstić information content (AvgIpc) is 2.75. The molecule has 4 nitrogen and oxygen atoms in total. The van der Waals surface area contributed by atoms with E-state index in [-0.39, 0.29) is 6.01 Å². The molecule has 2 aromatic carbocycles. The Kier molecular flexibility index (Phi) is 2.76. The topological polar surface area (TPSA) is 64.1 Å². The lowest BCUT2D eigenvalue weighted by atomic mass is 10.3. The van der Waals surface area contributed by atoms with Crippen LogP contribution in [0.15, 0.2) is 40.8 Å². The first kappa shape index (κ1) is 11.8. The number of halogens is 2. The van der Waals surface area contributed by atoms with Crippen LogP contribution in [0.25, 0.3) is 11.1 Å². The van der Waals surface area contributed by atoms with Crippen LogP contribution in [0.5, 0.6) is 0 Å². The highest BCUT2D eigenvalue weighted by Gasteiger charge is 2.09. The van der Waals surface area contributed by atoms with E-state index in [1.165, 1.54) is 18.2 Å². The maximum Gasteiger partial charge on any atom is 0.300 e. The molecule has 0 fully saturated rings. The molecule has 3 N–H and O–H groups in total. The maximum absolute atomic E-state index is 13.1. The number of nitrogens with zero attached hydrogens (tertiary/aromatic N) is 1. The predicted octanol–water partition coefficient (Wildman–Crippen LogP) is 3.95. The van der Waals surface area contributed by atoms with Crippen molar-refractivity contribution in [3.63, 3.8) is 0 Å². The monoisotopic (exact) mass is 277 g/mol. The third-order valence-electron chi connectivity index (χ3n) is 2.58. The van der Waals surface area contributed by atoms with Crippen molar-refractivity contribution in [3.8, 4) is 0 Å². The highest BCUT2D eigenvalue weighted by molar-refractivity contribution is 6.33. The number of nitrogens with two attached hydrogens (primary N) is 1. The van der Waals surface area contributed by atoms with Crippen LogP contribution in [0.4, 0.5) is 21.8 Å². The molecule has 1 heterocycles. The van der Waals surface area contributed by atoms with Gasteiger partial charge in [-0.05, 0) is 36.4 Å². The molecule has 1 aromatic heterocycles. The highest BCUT2D eigenvalue weighted by Crippen LogP contribution is 2.28. The fourth-order valence-electron chi connectivity index (χ4n) is 1.71. The summed E-state index contributed by atoms with van der Waals surface area (Å²) in [6, 6.07) is 9.36. The number of oxazole rings is 1. The first-order valence-corrected chi connectivity index (χ1v) is 5.88. The lowest BCUT2D eigenvalue weighted by Gasteiger charge is -2.03. The van der Waals surface area contributed by atoms with Gasteiger partial charge in [0.25, 0.3) is 6.01 Å². The summed E-state index contributed by atoms with van der Waals surface area (Å²) < 4.78 is 18.6. The summed E-state index contributed by atoms with van der Waals surface area (Å²) in [5, 5.41) is 3.21. The molecule has 0 amide bonds. The third-order valence-corrected chi connectivity index (χ3v) is 2.91. The molecule has 96 valence electrons. The minimum atomic E-state index is -0.396. The summed E-state index contributed by atoms with van der Waals surface area (Å²) in [5.74, 6) is -0.396. The molecule has 3 rings (SSSR count). The van der Waals surface area contributed by atoms with Gasteiger partial charge in [0.15, 0.2) is 5.58 Å². The Hall–Kier alpha value is -2.27. The minimum Gasteiger partial charge on any atom is -0.423 e. The summed E-state index contributed by atoms with van der Waals surface area (Å²) in [4.78, 5) is 4.20. The van der Waals surface area contributed by atoms with Crippen molar-refractivity contribution in [1.29, 1.82) is 0 Å². The predicted molar refractivity (Wildman–Crippen MR) is 73.1 cm³/mol. The van der Waals surface area contributed by atoms with E-state index >= 15 is 0 Å². The lowest BCUT2D eigenvalue weighted by molar-refractivity contribution is 0.620. The Labute approximate surface area is 113 Å². The van der Waals surface area contributed by atoms with Gasteiger partial charge in [-0.3, -0.25) is 0 Å². The summed E-state index contributed by atoms with van der Waals surface area (Å²) in [5.41, 5.74) is 7.85. The smallest absolute Gasteiger partial charge is 0.300 e. The molecule has 0 unspecified atom stereocenters. The van der Waals surface area contributed by atoms with E-state index in [0.29, 0.717) is 27.5 Å². The van der Waals surface area contributed by atoms with E-state index in [1.807, 2.05) is 0 Å². The number of anilines is 3. The molecule has 0 saturated carbocycles. The van der Waals surface area contributed by atoms with Gasteiger partial charge < -0.3 is 15.5 Å². The SMILES string of the molecule is Nc1ccc2oc(Nc3cc(F)ccc3Cl)nc2c1. The molecule has 0 atom stereocenters. The van der Waals surface area contributed by atoms with Crippen LogP contribution in [-0.2, 0) is 0 Å². The van der Waals surface area contributed by atoms with Crippen LogP contribution < -0.4 is 11.1 Å². The molecule has 0 spiro atoms. The minimum absolute atomic E-state index is 0.230. The van der Waals surface area contributed by atoms with E-state index in [0.717, 1.165) is 0 Å². The van der Waals surface area contributed by atoms with Gasteiger partial charge >= 0.3 is 0 Å².